The second-order valence-corrected chi connectivity index (χ2v) is 3.84. The lowest BCUT2D eigenvalue weighted by molar-refractivity contribution is 0.593. The van der Waals surface area contributed by atoms with Gasteiger partial charge in [0.05, 0.1) is 5.54 Å². The topological polar surface area (TPSA) is 12.0 Å². The number of benzene rings is 1. The molecule has 0 saturated heterocycles. The second-order valence-electron chi connectivity index (χ2n) is 3.84. The first-order valence-corrected chi connectivity index (χ1v) is 5.45. The van der Waals surface area contributed by atoms with Gasteiger partial charge in [-0.25, -0.2) is 0 Å². The average Bonchev–Trinajstić information content (AvgIpc) is 2.31. The molecule has 16 heavy (non-hydrogen) atoms. The molecule has 1 rings (SSSR count). The predicted molar refractivity (Wildman–Crippen MR) is 72.6 cm³/mol. The van der Waals surface area contributed by atoms with Crippen LogP contribution in [0.1, 0.15) is 12.8 Å². The van der Waals surface area contributed by atoms with Crippen LogP contribution in [0.25, 0.3) is 0 Å². The van der Waals surface area contributed by atoms with Gasteiger partial charge in [0.1, 0.15) is 0 Å². The molecule has 1 aromatic rings. The van der Waals surface area contributed by atoms with Gasteiger partial charge in [0, 0.05) is 5.69 Å². The van der Waals surface area contributed by atoms with Gasteiger partial charge in [-0.2, -0.15) is 0 Å². The first-order valence-electron chi connectivity index (χ1n) is 5.45. The molecule has 1 nitrogen and oxygen atoms in total. The maximum Gasteiger partial charge on any atom is 0.0622 e. The van der Waals surface area contributed by atoms with Crippen LogP contribution in [0.2, 0.25) is 0 Å². The van der Waals surface area contributed by atoms with E-state index >= 15 is 0 Å². The van der Waals surface area contributed by atoms with E-state index in [2.05, 4.69) is 25.1 Å². The molecule has 0 amide bonds. The highest BCUT2D eigenvalue weighted by molar-refractivity contribution is 5.47. The van der Waals surface area contributed by atoms with E-state index in [9.17, 15) is 0 Å². The summed E-state index contributed by atoms with van der Waals surface area (Å²) in [5, 5.41) is 3.48. The number of para-hydroxylation sites is 1. The molecule has 0 heterocycles. The molecule has 0 radical (unpaired) electrons. The standard InChI is InChI=1S/C15H19N/c1-4-12-15(6-3,13-5-2)16-14-10-8-7-9-11-14/h4-11,16H,1-3,12-13H2. The van der Waals surface area contributed by atoms with Crippen LogP contribution in [0.4, 0.5) is 5.69 Å². The fourth-order valence-corrected chi connectivity index (χ4v) is 1.73. The fourth-order valence-electron chi connectivity index (χ4n) is 1.73. The average molecular weight is 213 g/mol. The van der Waals surface area contributed by atoms with Crippen molar-refractivity contribution in [1.82, 2.24) is 0 Å². The van der Waals surface area contributed by atoms with Crippen LogP contribution < -0.4 is 5.32 Å². The van der Waals surface area contributed by atoms with E-state index in [1.165, 1.54) is 0 Å². The fraction of sp³-hybridized carbons (Fsp3) is 0.200. The molecule has 0 aromatic heterocycles. The van der Waals surface area contributed by atoms with E-state index in [1.54, 1.807) is 0 Å². The number of anilines is 1. The lowest BCUT2D eigenvalue weighted by Crippen LogP contribution is -2.34. The molecular formula is C15H19N. The second kappa shape index (κ2) is 5.96. The minimum absolute atomic E-state index is 0.176. The first kappa shape index (κ1) is 12.3. The van der Waals surface area contributed by atoms with Crippen molar-refractivity contribution in [3.63, 3.8) is 0 Å². The van der Waals surface area contributed by atoms with E-state index in [1.807, 2.05) is 48.6 Å². The highest BCUT2D eigenvalue weighted by Crippen LogP contribution is 2.24. The Morgan fingerprint density at radius 3 is 2.00 bits per heavy atom. The lowest BCUT2D eigenvalue weighted by Gasteiger charge is -2.31. The van der Waals surface area contributed by atoms with Crippen LogP contribution in [0, 0.1) is 0 Å². The number of nitrogens with one attached hydrogen (secondary N) is 1. The Bertz CT molecular complexity index is 341. The van der Waals surface area contributed by atoms with Gasteiger partial charge < -0.3 is 5.32 Å². The molecule has 0 unspecified atom stereocenters. The Morgan fingerprint density at radius 2 is 1.56 bits per heavy atom. The molecule has 0 aliphatic heterocycles. The maximum absolute atomic E-state index is 3.91. The summed E-state index contributed by atoms with van der Waals surface area (Å²) in [7, 11) is 0. The van der Waals surface area contributed by atoms with Crippen molar-refractivity contribution in [3.05, 3.63) is 68.3 Å². The Hall–Kier alpha value is -1.76. The van der Waals surface area contributed by atoms with Gasteiger partial charge in [-0.05, 0) is 25.0 Å². The number of rotatable bonds is 7. The minimum atomic E-state index is -0.176. The Morgan fingerprint density at radius 1 is 1.00 bits per heavy atom. The van der Waals surface area contributed by atoms with Crippen molar-refractivity contribution < 1.29 is 0 Å². The first-order chi connectivity index (χ1) is 7.76. The third-order valence-electron chi connectivity index (χ3n) is 2.57. The van der Waals surface area contributed by atoms with Crippen LogP contribution in [-0.4, -0.2) is 5.54 Å². The summed E-state index contributed by atoms with van der Waals surface area (Å²) in [6, 6.07) is 10.1. The molecule has 0 aliphatic carbocycles. The molecule has 0 aliphatic rings. The zero-order chi connectivity index (χ0) is 11.9. The summed E-state index contributed by atoms with van der Waals surface area (Å²) >= 11 is 0. The third-order valence-corrected chi connectivity index (χ3v) is 2.57. The molecule has 1 aromatic carbocycles. The largest absolute Gasteiger partial charge is 0.376 e. The zero-order valence-corrected chi connectivity index (χ0v) is 9.65. The van der Waals surface area contributed by atoms with Crippen LogP contribution >= 0.6 is 0 Å². The molecule has 0 bridgehead atoms. The summed E-state index contributed by atoms with van der Waals surface area (Å²) in [5.41, 5.74) is 0.913. The van der Waals surface area contributed by atoms with Crippen molar-refractivity contribution >= 4 is 5.69 Å². The Labute approximate surface area is 98.2 Å². The monoisotopic (exact) mass is 213 g/mol. The van der Waals surface area contributed by atoms with Gasteiger partial charge >= 0.3 is 0 Å². The van der Waals surface area contributed by atoms with E-state index < -0.39 is 0 Å². The molecule has 1 N–H and O–H groups in total. The lowest BCUT2D eigenvalue weighted by atomic mass is 9.91. The van der Waals surface area contributed by atoms with Gasteiger partial charge in [0.25, 0.3) is 0 Å². The normalized spacial score (nSPS) is 10.5. The Balaban J connectivity index is 2.88. The van der Waals surface area contributed by atoms with E-state index in [-0.39, 0.29) is 5.54 Å². The molecule has 0 saturated carbocycles. The van der Waals surface area contributed by atoms with Crippen molar-refractivity contribution in [2.75, 3.05) is 5.32 Å². The zero-order valence-electron chi connectivity index (χ0n) is 9.65. The predicted octanol–water partition coefficient (Wildman–Crippen LogP) is 4.18. The third kappa shape index (κ3) is 3.13. The highest BCUT2D eigenvalue weighted by Gasteiger charge is 2.22. The summed E-state index contributed by atoms with van der Waals surface area (Å²) in [4.78, 5) is 0. The van der Waals surface area contributed by atoms with Crippen LogP contribution in [0.15, 0.2) is 68.3 Å². The van der Waals surface area contributed by atoms with Crippen molar-refractivity contribution in [2.24, 2.45) is 0 Å². The van der Waals surface area contributed by atoms with Gasteiger partial charge in [0.2, 0.25) is 0 Å². The van der Waals surface area contributed by atoms with Crippen LogP contribution in [-0.2, 0) is 0 Å². The minimum Gasteiger partial charge on any atom is -0.376 e. The van der Waals surface area contributed by atoms with Crippen LogP contribution in [0.5, 0.6) is 0 Å². The van der Waals surface area contributed by atoms with Gasteiger partial charge in [-0.3, -0.25) is 0 Å². The maximum atomic E-state index is 3.91. The van der Waals surface area contributed by atoms with Crippen LogP contribution in [0.3, 0.4) is 0 Å². The molecule has 84 valence electrons. The van der Waals surface area contributed by atoms with Crippen molar-refractivity contribution in [1.29, 1.82) is 0 Å². The van der Waals surface area contributed by atoms with E-state index in [4.69, 9.17) is 0 Å². The molecular weight excluding hydrogens is 194 g/mol. The number of hydrogen-bond acceptors (Lipinski definition) is 1. The summed E-state index contributed by atoms with van der Waals surface area (Å²) in [5.74, 6) is 0. The van der Waals surface area contributed by atoms with Crippen molar-refractivity contribution in [2.45, 2.75) is 18.4 Å². The van der Waals surface area contributed by atoms with Gasteiger partial charge in [0.15, 0.2) is 0 Å². The van der Waals surface area contributed by atoms with Gasteiger partial charge in [-0.15, -0.1) is 19.7 Å². The molecule has 0 spiro atoms. The summed E-state index contributed by atoms with van der Waals surface area (Å²) < 4.78 is 0. The van der Waals surface area contributed by atoms with Crippen molar-refractivity contribution in [3.8, 4) is 0 Å². The summed E-state index contributed by atoms with van der Waals surface area (Å²) in [6.07, 6.45) is 7.40. The molecule has 1 heteroatoms. The number of hydrogen-bond donors (Lipinski definition) is 1. The van der Waals surface area contributed by atoms with E-state index in [0.717, 1.165) is 18.5 Å². The smallest absolute Gasteiger partial charge is 0.0622 e. The quantitative estimate of drug-likeness (QED) is 0.670. The van der Waals surface area contributed by atoms with Gasteiger partial charge in [-0.1, -0.05) is 36.4 Å². The molecule has 0 atom stereocenters. The summed E-state index contributed by atoms with van der Waals surface area (Å²) in [6.45, 7) is 11.5. The Kier molecular flexibility index (Phi) is 4.59. The highest BCUT2D eigenvalue weighted by atomic mass is 15.0. The van der Waals surface area contributed by atoms with E-state index in [0.29, 0.717) is 0 Å². The molecule has 0 fully saturated rings. The SMILES string of the molecule is C=CCC(C=C)(CC=C)Nc1ccccc1.